The highest BCUT2D eigenvalue weighted by molar-refractivity contribution is 5.76. The highest BCUT2D eigenvalue weighted by Crippen LogP contribution is 2.21. The van der Waals surface area contributed by atoms with Crippen molar-refractivity contribution in [1.82, 2.24) is 5.32 Å². The number of aryl methyl sites for hydroxylation is 2. The van der Waals surface area contributed by atoms with Crippen molar-refractivity contribution in [2.45, 2.75) is 46.1 Å². The minimum atomic E-state index is -0.0333. The number of aliphatic hydroxyl groups is 1. The summed E-state index contributed by atoms with van der Waals surface area (Å²) in [5.74, 6) is 1.73. The third kappa shape index (κ3) is 4.23. The van der Waals surface area contributed by atoms with Gasteiger partial charge < -0.3 is 14.8 Å². The number of furan rings is 1. The number of rotatable bonds is 6. The fraction of sp³-hybridized carbons (Fsp3) is 0.615. The van der Waals surface area contributed by atoms with E-state index in [4.69, 9.17) is 9.52 Å². The van der Waals surface area contributed by atoms with Crippen LogP contribution in [-0.4, -0.2) is 17.6 Å². The Morgan fingerprint density at radius 1 is 1.47 bits per heavy atom. The molecule has 1 aromatic rings. The number of carbonyl (C=O) groups is 1. The van der Waals surface area contributed by atoms with Gasteiger partial charge in [-0.25, -0.2) is 0 Å². The van der Waals surface area contributed by atoms with E-state index in [9.17, 15) is 4.79 Å². The number of aliphatic hydroxyl groups excluding tert-OH is 1. The molecule has 4 nitrogen and oxygen atoms in total. The van der Waals surface area contributed by atoms with Crippen molar-refractivity contribution in [3.63, 3.8) is 0 Å². The first-order chi connectivity index (χ1) is 8.04. The Hall–Kier alpha value is -1.29. The summed E-state index contributed by atoms with van der Waals surface area (Å²) in [6.45, 7) is 5.88. The molecule has 1 rings (SSSR count). The molecule has 0 aliphatic rings. The smallest absolute Gasteiger partial charge is 0.220 e. The standard InChI is InChI=1S/C13H21NO3/c1-9-8-12(11(3)17-9)10(2)14-13(16)6-4-5-7-15/h8,10,15H,4-7H2,1-3H3,(H,14,16). The normalized spacial score (nSPS) is 12.5. The van der Waals surface area contributed by atoms with Crippen LogP contribution in [0.5, 0.6) is 0 Å². The number of carbonyl (C=O) groups excluding carboxylic acids is 1. The fourth-order valence-corrected chi connectivity index (χ4v) is 1.87. The van der Waals surface area contributed by atoms with E-state index in [-0.39, 0.29) is 18.6 Å². The summed E-state index contributed by atoms with van der Waals surface area (Å²) in [5.41, 5.74) is 1.03. The van der Waals surface area contributed by atoms with Crippen LogP contribution in [0.2, 0.25) is 0 Å². The second-order valence-corrected chi connectivity index (χ2v) is 4.34. The highest BCUT2D eigenvalue weighted by Gasteiger charge is 2.14. The zero-order valence-electron chi connectivity index (χ0n) is 10.7. The molecule has 1 heterocycles. The SMILES string of the molecule is Cc1cc(C(C)NC(=O)CCCCO)c(C)o1. The van der Waals surface area contributed by atoms with E-state index in [1.807, 2.05) is 26.8 Å². The first-order valence-electron chi connectivity index (χ1n) is 6.01. The van der Waals surface area contributed by atoms with Crippen LogP contribution in [0.15, 0.2) is 10.5 Å². The summed E-state index contributed by atoms with van der Waals surface area (Å²) in [4.78, 5) is 11.6. The number of hydrogen-bond donors (Lipinski definition) is 2. The van der Waals surface area contributed by atoms with Crippen LogP contribution >= 0.6 is 0 Å². The number of nitrogens with one attached hydrogen (secondary N) is 1. The van der Waals surface area contributed by atoms with Gasteiger partial charge in [-0.1, -0.05) is 0 Å². The molecule has 1 amide bonds. The summed E-state index contributed by atoms with van der Waals surface area (Å²) in [5, 5.41) is 11.6. The van der Waals surface area contributed by atoms with Crippen molar-refractivity contribution in [2.75, 3.05) is 6.61 Å². The molecule has 0 aliphatic heterocycles. The summed E-state index contributed by atoms with van der Waals surface area (Å²) in [7, 11) is 0. The van der Waals surface area contributed by atoms with Crippen LogP contribution < -0.4 is 5.32 Å². The van der Waals surface area contributed by atoms with Crippen LogP contribution in [0, 0.1) is 13.8 Å². The van der Waals surface area contributed by atoms with Crippen molar-refractivity contribution in [3.8, 4) is 0 Å². The monoisotopic (exact) mass is 239 g/mol. The summed E-state index contributed by atoms with van der Waals surface area (Å²) < 4.78 is 5.43. The largest absolute Gasteiger partial charge is 0.466 e. The van der Waals surface area contributed by atoms with E-state index in [2.05, 4.69) is 5.32 Å². The zero-order valence-corrected chi connectivity index (χ0v) is 10.7. The summed E-state index contributed by atoms with van der Waals surface area (Å²) >= 11 is 0. The molecule has 1 unspecified atom stereocenters. The van der Waals surface area contributed by atoms with Crippen LogP contribution in [0.3, 0.4) is 0 Å². The molecule has 0 spiro atoms. The van der Waals surface area contributed by atoms with Gasteiger partial charge in [-0.3, -0.25) is 4.79 Å². The van der Waals surface area contributed by atoms with Crippen LogP contribution in [-0.2, 0) is 4.79 Å². The van der Waals surface area contributed by atoms with Crippen molar-refractivity contribution in [1.29, 1.82) is 0 Å². The van der Waals surface area contributed by atoms with Gasteiger partial charge in [-0.05, 0) is 39.7 Å². The molecule has 0 saturated carbocycles. The molecule has 96 valence electrons. The number of hydrogen-bond acceptors (Lipinski definition) is 3. The molecule has 0 fully saturated rings. The third-order valence-electron chi connectivity index (χ3n) is 2.74. The Morgan fingerprint density at radius 3 is 2.71 bits per heavy atom. The van der Waals surface area contributed by atoms with E-state index in [1.165, 1.54) is 0 Å². The Balaban J connectivity index is 2.46. The van der Waals surface area contributed by atoms with E-state index in [0.29, 0.717) is 12.8 Å². The van der Waals surface area contributed by atoms with Gasteiger partial charge in [0, 0.05) is 18.6 Å². The lowest BCUT2D eigenvalue weighted by Gasteiger charge is -2.13. The predicted molar refractivity (Wildman–Crippen MR) is 65.7 cm³/mol. The molecular formula is C13H21NO3. The van der Waals surface area contributed by atoms with Crippen LogP contribution in [0.25, 0.3) is 0 Å². The molecule has 4 heteroatoms. The maximum Gasteiger partial charge on any atom is 0.220 e. The van der Waals surface area contributed by atoms with Gasteiger partial charge in [0.15, 0.2) is 0 Å². The van der Waals surface area contributed by atoms with Crippen molar-refractivity contribution in [3.05, 3.63) is 23.2 Å². The molecule has 0 aromatic carbocycles. The lowest BCUT2D eigenvalue weighted by Crippen LogP contribution is -2.26. The first-order valence-corrected chi connectivity index (χ1v) is 6.01. The molecule has 2 N–H and O–H groups in total. The second-order valence-electron chi connectivity index (χ2n) is 4.34. The van der Waals surface area contributed by atoms with Crippen LogP contribution in [0.1, 0.15) is 49.3 Å². The van der Waals surface area contributed by atoms with Gasteiger partial charge in [0.25, 0.3) is 0 Å². The lowest BCUT2D eigenvalue weighted by atomic mass is 10.1. The third-order valence-corrected chi connectivity index (χ3v) is 2.74. The molecule has 1 atom stereocenters. The Bertz CT molecular complexity index is 371. The molecular weight excluding hydrogens is 218 g/mol. The topological polar surface area (TPSA) is 62.5 Å². The van der Waals surface area contributed by atoms with E-state index < -0.39 is 0 Å². The Kier molecular flexibility index (Phi) is 5.22. The van der Waals surface area contributed by atoms with Crippen molar-refractivity contribution >= 4 is 5.91 Å². The average molecular weight is 239 g/mol. The predicted octanol–water partition coefficient (Wildman–Crippen LogP) is 2.24. The minimum absolute atomic E-state index is 0.0178. The fourth-order valence-electron chi connectivity index (χ4n) is 1.87. The highest BCUT2D eigenvalue weighted by atomic mass is 16.3. The lowest BCUT2D eigenvalue weighted by molar-refractivity contribution is -0.121. The molecule has 0 saturated heterocycles. The van der Waals surface area contributed by atoms with E-state index in [0.717, 1.165) is 23.5 Å². The van der Waals surface area contributed by atoms with Gasteiger partial charge in [-0.2, -0.15) is 0 Å². The Labute approximate surface area is 102 Å². The van der Waals surface area contributed by atoms with Crippen molar-refractivity contribution < 1.29 is 14.3 Å². The maximum absolute atomic E-state index is 11.6. The van der Waals surface area contributed by atoms with Gasteiger partial charge >= 0.3 is 0 Å². The zero-order chi connectivity index (χ0) is 12.8. The van der Waals surface area contributed by atoms with Gasteiger partial charge in [0.05, 0.1) is 6.04 Å². The van der Waals surface area contributed by atoms with Gasteiger partial charge in [0.1, 0.15) is 11.5 Å². The first kappa shape index (κ1) is 13.8. The molecule has 0 radical (unpaired) electrons. The van der Waals surface area contributed by atoms with Crippen molar-refractivity contribution in [2.24, 2.45) is 0 Å². The number of unbranched alkanes of at least 4 members (excludes halogenated alkanes) is 1. The molecule has 0 bridgehead atoms. The van der Waals surface area contributed by atoms with Gasteiger partial charge in [-0.15, -0.1) is 0 Å². The van der Waals surface area contributed by atoms with Gasteiger partial charge in [0.2, 0.25) is 5.91 Å². The Morgan fingerprint density at radius 2 is 2.18 bits per heavy atom. The van der Waals surface area contributed by atoms with E-state index >= 15 is 0 Å². The second kappa shape index (κ2) is 6.45. The quantitative estimate of drug-likeness (QED) is 0.748. The average Bonchev–Trinajstić information content (AvgIpc) is 2.58. The summed E-state index contributed by atoms with van der Waals surface area (Å²) in [6.07, 6.45) is 1.85. The van der Waals surface area contributed by atoms with Crippen LogP contribution in [0.4, 0.5) is 0 Å². The summed E-state index contributed by atoms with van der Waals surface area (Å²) in [6, 6.07) is 1.92. The molecule has 1 aromatic heterocycles. The maximum atomic E-state index is 11.6. The van der Waals surface area contributed by atoms with E-state index in [1.54, 1.807) is 0 Å². The molecule has 0 aliphatic carbocycles. The molecule has 17 heavy (non-hydrogen) atoms. The minimum Gasteiger partial charge on any atom is -0.466 e. The number of amides is 1.